The Bertz CT molecular complexity index is 1350. The van der Waals surface area contributed by atoms with Crippen molar-refractivity contribution in [3.8, 4) is 0 Å². The van der Waals surface area contributed by atoms with Gasteiger partial charge < -0.3 is 20.7 Å². The second-order valence-corrected chi connectivity index (χ2v) is 9.09. The molecule has 35 heavy (non-hydrogen) atoms. The van der Waals surface area contributed by atoms with Crippen molar-refractivity contribution in [2.24, 2.45) is 0 Å². The number of carbonyl (C=O) groups excluding carboxylic acids is 2. The van der Waals surface area contributed by atoms with Crippen LogP contribution in [0.1, 0.15) is 70.7 Å². The van der Waals surface area contributed by atoms with Crippen LogP contribution in [0.3, 0.4) is 0 Å². The highest BCUT2D eigenvalue weighted by Crippen LogP contribution is 2.37. The number of ketones is 1. The molecule has 1 atom stereocenters. The van der Waals surface area contributed by atoms with Crippen molar-refractivity contribution in [3.05, 3.63) is 82.2 Å². The molecule has 4 N–H and O–H groups in total. The molecular weight excluding hydrogens is 442 g/mol. The molecule has 7 nitrogen and oxygen atoms in total. The fourth-order valence-electron chi connectivity index (χ4n) is 4.95. The quantitative estimate of drug-likeness (QED) is 0.355. The molecule has 0 saturated heterocycles. The van der Waals surface area contributed by atoms with Crippen LogP contribution in [-0.4, -0.2) is 27.8 Å². The Labute approximate surface area is 203 Å². The number of fused-ring (bicyclic) bond motifs is 2. The van der Waals surface area contributed by atoms with Gasteiger partial charge in [0.05, 0.1) is 5.57 Å². The van der Waals surface area contributed by atoms with Crippen molar-refractivity contribution in [1.82, 2.24) is 4.98 Å². The summed E-state index contributed by atoms with van der Waals surface area (Å²) in [6.45, 7) is 2.08. The van der Waals surface area contributed by atoms with Gasteiger partial charge in [-0.05, 0) is 61.6 Å². The molecule has 1 aliphatic heterocycles. The Morgan fingerprint density at radius 2 is 1.94 bits per heavy atom. The maximum atomic E-state index is 12.9. The molecule has 1 aromatic heterocycles. The zero-order valence-electron chi connectivity index (χ0n) is 19.5. The van der Waals surface area contributed by atoms with E-state index in [1.807, 2.05) is 36.4 Å². The SMILES string of the molecule is CC(Nc1ccc2c(c1)C(=Cc1[nH]c3c(c1CCC(=O)O)C(=O)CCC3)C(=O)N2)c1ccccc1. The van der Waals surface area contributed by atoms with E-state index in [1.54, 1.807) is 6.08 Å². The number of carboxylic acids is 1. The van der Waals surface area contributed by atoms with Gasteiger partial charge in [-0.3, -0.25) is 14.4 Å². The van der Waals surface area contributed by atoms with Gasteiger partial charge in [0.2, 0.25) is 0 Å². The molecule has 178 valence electrons. The number of amides is 1. The lowest BCUT2D eigenvalue weighted by Crippen LogP contribution is -2.11. The van der Waals surface area contributed by atoms with E-state index in [0.29, 0.717) is 28.8 Å². The number of anilines is 2. The largest absolute Gasteiger partial charge is 0.481 e. The van der Waals surface area contributed by atoms with E-state index >= 15 is 0 Å². The predicted octanol–water partition coefficient (Wildman–Crippen LogP) is 5.22. The van der Waals surface area contributed by atoms with E-state index in [-0.39, 0.29) is 30.6 Å². The van der Waals surface area contributed by atoms with Crippen molar-refractivity contribution in [2.75, 3.05) is 10.6 Å². The first-order valence-electron chi connectivity index (χ1n) is 11.9. The lowest BCUT2D eigenvalue weighted by atomic mass is 9.91. The highest BCUT2D eigenvalue weighted by molar-refractivity contribution is 6.35. The van der Waals surface area contributed by atoms with Gasteiger partial charge in [-0.2, -0.15) is 0 Å². The normalized spacial score (nSPS) is 16.5. The zero-order chi connectivity index (χ0) is 24.5. The summed E-state index contributed by atoms with van der Waals surface area (Å²) in [5, 5.41) is 15.6. The van der Waals surface area contributed by atoms with Gasteiger partial charge in [-0.15, -0.1) is 0 Å². The van der Waals surface area contributed by atoms with Gasteiger partial charge in [-0.1, -0.05) is 30.3 Å². The van der Waals surface area contributed by atoms with E-state index in [4.69, 9.17) is 0 Å². The highest BCUT2D eigenvalue weighted by Gasteiger charge is 2.29. The molecule has 0 fully saturated rings. The van der Waals surface area contributed by atoms with Gasteiger partial charge in [0.15, 0.2) is 5.78 Å². The fraction of sp³-hybridized carbons (Fsp3) is 0.250. The third-order valence-corrected chi connectivity index (χ3v) is 6.69. The van der Waals surface area contributed by atoms with Crippen LogP contribution in [0.25, 0.3) is 11.6 Å². The van der Waals surface area contributed by atoms with Crippen molar-refractivity contribution in [2.45, 2.75) is 45.1 Å². The first kappa shape index (κ1) is 22.7. The van der Waals surface area contributed by atoms with Crippen LogP contribution in [0.2, 0.25) is 0 Å². The number of carbonyl (C=O) groups is 3. The average Bonchev–Trinajstić information content (AvgIpc) is 3.36. The first-order chi connectivity index (χ1) is 16.9. The molecule has 0 bridgehead atoms. The second-order valence-electron chi connectivity index (χ2n) is 9.09. The monoisotopic (exact) mass is 469 g/mol. The Morgan fingerprint density at radius 3 is 2.71 bits per heavy atom. The lowest BCUT2D eigenvalue weighted by molar-refractivity contribution is -0.137. The number of benzene rings is 2. The second kappa shape index (κ2) is 9.25. The molecule has 1 aliphatic carbocycles. The molecule has 2 aliphatic rings. The van der Waals surface area contributed by atoms with Crippen LogP contribution in [0.15, 0.2) is 48.5 Å². The molecule has 2 heterocycles. The number of nitrogens with one attached hydrogen (secondary N) is 3. The smallest absolute Gasteiger partial charge is 0.303 e. The molecular formula is C28H27N3O4. The molecule has 0 spiro atoms. The summed E-state index contributed by atoms with van der Waals surface area (Å²) in [4.78, 5) is 40.1. The molecule has 0 saturated carbocycles. The van der Waals surface area contributed by atoms with E-state index in [1.165, 1.54) is 0 Å². The lowest BCUT2D eigenvalue weighted by Gasteiger charge is -2.16. The Balaban J connectivity index is 1.51. The van der Waals surface area contributed by atoms with Crippen molar-refractivity contribution in [1.29, 1.82) is 0 Å². The van der Waals surface area contributed by atoms with Crippen molar-refractivity contribution >= 4 is 40.7 Å². The minimum atomic E-state index is -0.922. The van der Waals surface area contributed by atoms with E-state index in [2.05, 4.69) is 34.7 Å². The summed E-state index contributed by atoms with van der Waals surface area (Å²) in [7, 11) is 0. The zero-order valence-corrected chi connectivity index (χ0v) is 19.5. The number of hydrogen-bond donors (Lipinski definition) is 4. The molecule has 0 radical (unpaired) electrons. The average molecular weight is 470 g/mol. The van der Waals surface area contributed by atoms with Crippen LogP contribution in [0.4, 0.5) is 11.4 Å². The maximum absolute atomic E-state index is 12.9. The number of rotatable bonds is 7. The number of Topliss-reactive ketones (excluding diaryl/α,β-unsaturated/α-hetero) is 1. The van der Waals surface area contributed by atoms with Crippen molar-refractivity contribution < 1.29 is 19.5 Å². The number of H-pyrrole nitrogens is 1. The Hall–Kier alpha value is -4.13. The number of hydrogen-bond acceptors (Lipinski definition) is 4. The van der Waals surface area contributed by atoms with E-state index in [0.717, 1.165) is 41.0 Å². The molecule has 3 aromatic rings. The van der Waals surface area contributed by atoms with Crippen LogP contribution in [-0.2, 0) is 22.4 Å². The van der Waals surface area contributed by atoms with Gasteiger partial charge in [0.25, 0.3) is 5.91 Å². The van der Waals surface area contributed by atoms with Crippen LogP contribution in [0, 0.1) is 0 Å². The summed E-state index contributed by atoms with van der Waals surface area (Å²) >= 11 is 0. The number of aromatic amines is 1. The molecule has 1 unspecified atom stereocenters. The predicted molar refractivity (Wildman–Crippen MR) is 135 cm³/mol. The van der Waals surface area contributed by atoms with Crippen molar-refractivity contribution in [3.63, 3.8) is 0 Å². The fourth-order valence-corrected chi connectivity index (χ4v) is 4.95. The molecule has 1 amide bonds. The number of aryl methyl sites for hydroxylation is 1. The van der Waals surface area contributed by atoms with Gasteiger partial charge >= 0.3 is 5.97 Å². The number of carboxylic acid groups (broad SMARTS) is 1. The third-order valence-electron chi connectivity index (χ3n) is 6.69. The van der Waals surface area contributed by atoms with E-state index < -0.39 is 5.97 Å². The molecule has 5 rings (SSSR count). The van der Waals surface area contributed by atoms with Gasteiger partial charge in [0.1, 0.15) is 0 Å². The summed E-state index contributed by atoms with van der Waals surface area (Å²) in [5.74, 6) is -1.12. The number of aromatic nitrogens is 1. The van der Waals surface area contributed by atoms with Gasteiger partial charge in [-0.25, -0.2) is 0 Å². The summed E-state index contributed by atoms with van der Waals surface area (Å²) < 4.78 is 0. The number of aliphatic carboxylic acids is 1. The molecule has 7 heteroatoms. The summed E-state index contributed by atoms with van der Waals surface area (Å²) in [6.07, 6.45) is 3.86. The summed E-state index contributed by atoms with van der Waals surface area (Å²) in [5.41, 5.74) is 6.78. The van der Waals surface area contributed by atoms with Crippen LogP contribution in [0.5, 0.6) is 0 Å². The summed E-state index contributed by atoms with van der Waals surface area (Å²) in [6, 6.07) is 16.0. The minimum Gasteiger partial charge on any atom is -0.481 e. The minimum absolute atomic E-state index is 0.0326. The van der Waals surface area contributed by atoms with Crippen LogP contribution < -0.4 is 10.6 Å². The standard InChI is InChI=1S/C28H27N3O4/c1-16(17-6-3-2-4-7-17)29-18-10-12-22-20(14-18)21(28(35)31-22)15-24-19(11-13-26(33)34)27-23(30-24)8-5-9-25(27)32/h2-4,6-7,10,12,14-16,29-30H,5,8-9,11,13H2,1H3,(H,31,35)(H,33,34). The third kappa shape index (κ3) is 4.49. The van der Waals surface area contributed by atoms with Crippen LogP contribution >= 0.6 is 0 Å². The highest BCUT2D eigenvalue weighted by atomic mass is 16.4. The Morgan fingerprint density at radius 1 is 1.14 bits per heavy atom. The Kier molecular flexibility index (Phi) is 5.99. The first-order valence-corrected chi connectivity index (χ1v) is 11.9. The topological polar surface area (TPSA) is 111 Å². The van der Waals surface area contributed by atoms with E-state index in [9.17, 15) is 19.5 Å². The molecule has 2 aromatic carbocycles. The van der Waals surface area contributed by atoms with Gasteiger partial charge in [0, 0.05) is 52.8 Å². The maximum Gasteiger partial charge on any atom is 0.303 e.